The Kier molecular flexibility index (Phi) is 4.51. The minimum absolute atomic E-state index is 0.506. The molecule has 0 aliphatic carbocycles. The van der Waals surface area contributed by atoms with E-state index in [1.165, 1.54) is 0 Å². The van der Waals surface area contributed by atoms with Gasteiger partial charge >= 0.3 is 12.1 Å². The van der Waals surface area contributed by atoms with E-state index in [0.717, 1.165) is 24.3 Å². The average molecular weight is 365 g/mol. The lowest BCUT2D eigenvalue weighted by molar-refractivity contribution is -0.389. The molecule has 4 nitrogen and oxygen atoms in total. The van der Waals surface area contributed by atoms with Crippen LogP contribution in [0.2, 0.25) is 0 Å². The van der Waals surface area contributed by atoms with Crippen LogP contribution in [0.5, 0.6) is 0 Å². The van der Waals surface area contributed by atoms with Crippen molar-refractivity contribution in [3.8, 4) is 0 Å². The van der Waals surface area contributed by atoms with Crippen molar-refractivity contribution < 1.29 is 36.4 Å². The number of rotatable bonds is 4. The highest BCUT2D eigenvalue weighted by atomic mass is 19.4. The summed E-state index contributed by atoms with van der Waals surface area (Å²) in [5, 5.41) is 21.4. The van der Waals surface area contributed by atoms with Gasteiger partial charge in [-0.3, -0.25) is 10.1 Å². The zero-order chi connectivity index (χ0) is 19.0. The lowest BCUT2D eigenvalue weighted by Crippen LogP contribution is -2.56. The molecule has 0 aromatic heterocycles. The third-order valence-electron chi connectivity index (χ3n) is 3.56. The Morgan fingerprint density at radius 2 is 1.36 bits per heavy atom. The number of alkyl halides is 5. The fourth-order valence-corrected chi connectivity index (χ4v) is 2.38. The van der Waals surface area contributed by atoms with Crippen LogP contribution in [0.4, 0.5) is 32.0 Å². The maximum atomic E-state index is 14.2. The number of benzene rings is 2. The minimum Gasteiger partial charge on any atom is -0.374 e. The lowest BCUT2D eigenvalue weighted by Gasteiger charge is -2.37. The fourth-order valence-electron chi connectivity index (χ4n) is 2.38. The molecule has 0 radical (unpaired) electrons. The van der Waals surface area contributed by atoms with Gasteiger partial charge in [-0.05, 0) is 12.1 Å². The summed E-state index contributed by atoms with van der Waals surface area (Å²) in [5.74, 6) is -7.50. The van der Waals surface area contributed by atoms with Gasteiger partial charge in [-0.25, -0.2) is 4.39 Å². The number of nitro benzene ring substituents is 1. The first-order valence-corrected chi connectivity index (χ1v) is 6.60. The minimum atomic E-state index is -6.31. The molecule has 1 N–H and O–H groups in total. The SMILES string of the molecule is O=[N+]([O-])c1ccccc1C(O)(c1ccccc1F)C(F)(F)C(F)(F)F. The second-order valence-corrected chi connectivity index (χ2v) is 5.04. The van der Waals surface area contributed by atoms with Crippen molar-refractivity contribution in [1.29, 1.82) is 0 Å². The molecular formula is C15H9F6NO3. The molecule has 10 heteroatoms. The molecule has 2 aromatic rings. The van der Waals surface area contributed by atoms with Gasteiger partial charge in [0.05, 0.1) is 10.5 Å². The maximum absolute atomic E-state index is 14.2. The van der Waals surface area contributed by atoms with Gasteiger partial charge < -0.3 is 5.11 Å². The first kappa shape index (κ1) is 18.7. The summed E-state index contributed by atoms with van der Waals surface area (Å²) >= 11 is 0. The van der Waals surface area contributed by atoms with E-state index >= 15 is 0 Å². The molecule has 0 aliphatic rings. The van der Waals surface area contributed by atoms with Gasteiger partial charge in [0, 0.05) is 11.6 Å². The maximum Gasteiger partial charge on any atom is 0.457 e. The Morgan fingerprint density at radius 1 is 0.880 bits per heavy atom. The van der Waals surface area contributed by atoms with E-state index in [4.69, 9.17) is 0 Å². The lowest BCUT2D eigenvalue weighted by atomic mass is 9.79. The highest BCUT2D eigenvalue weighted by Crippen LogP contribution is 2.53. The Morgan fingerprint density at radius 3 is 1.84 bits per heavy atom. The summed E-state index contributed by atoms with van der Waals surface area (Å²) in [5.41, 5.74) is -8.38. The van der Waals surface area contributed by atoms with Crippen LogP contribution in [0.25, 0.3) is 0 Å². The summed E-state index contributed by atoms with van der Waals surface area (Å²) in [4.78, 5) is 9.79. The fraction of sp³-hybridized carbons (Fsp3) is 0.200. The molecular weight excluding hydrogens is 356 g/mol. The quantitative estimate of drug-likeness (QED) is 0.503. The molecule has 25 heavy (non-hydrogen) atoms. The number of hydrogen-bond donors (Lipinski definition) is 1. The first-order chi connectivity index (χ1) is 11.4. The molecule has 0 fully saturated rings. The van der Waals surface area contributed by atoms with Crippen LogP contribution in [0.15, 0.2) is 48.5 Å². The Hall–Kier alpha value is -2.62. The van der Waals surface area contributed by atoms with Crippen molar-refractivity contribution in [3.05, 3.63) is 75.6 Å². The second kappa shape index (κ2) is 6.03. The summed E-state index contributed by atoms with van der Waals surface area (Å²) in [6.45, 7) is 0. The smallest absolute Gasteiger partial charge is 0.374 e. The second-order valence-electron chi connectivity index (χ2n) is 5.04. The van der Waals surface area contributed by atoms with Crippen LogP contribution >= 0.6 is 0 Å². The standard InChI is InChI=1S/C15H9F6NO3/c16-11-7-3-1-5-9(11)13(23,14(17,18)15(19,20)21)10-6-2-4-8-12(10)22(24)25/h1-8,23H. The van der Waals surface area contributed by atoms with E-state index in [2.05, 4.69) is 0 Å². The van der Waals surface area contributed by atoms with E-state index in [1.54, 1.807) is 0 Å². The van der Waals surface area contributed by atoms with Gasteiger partial charge in [-0.15, -0.1) is 0 Å². The molecule has 0 aliphatic heterocycles. The number of hydrogen-bond acceptors (Lipinski definition) is 3. The van der Waals surface area contributed by atoms with Crippen LogP contribution in [0.3, 0.4) is 0 Å². The largest absolute Gasteiger partial charge is 0.457 e. The number of nitrogens with zero attached hydrogens (tertiary/aromatic N) is 1. The third-order valence-corrected chi connectivity index (χ3v) is 3.56. The van der Waals surface area contributed by atoms with Gasteiger partial charge in [0.25, 0.3) is 5.69 Å². The number of para-hydroxylation sites is 1. The molecule has 2 aromatic carbocycles. The molecule has 1 unspecified atom stereocenters. The number of aliphatic hydroxyl groups is 1. The zero-order valence-electron chi connectivity index (χ0n) is 12.1. The van der Waals surface area contributed by atoms with E-state index < -0.39 is 45.3 Å². The Labute approximate surface area is 136 Å². The molecule has 0 spiro atoms. The molecule has 2 rings (SSSR count). The summed E-state index contributed by atoms with van der Waals surface area (Å²) in [6.07, 6.45) is -6.31. The van der Waals surface area contributed by atoms with Crippen molar-refractivity contribution in [2.75, 3.05) is 0 Å². The normalized spacial score (nSPS) is 14.8. The van der Waals surface area contributed by atoms with Crippen molar-refractivity contribution in [2.45, 2.75) is 17.7 Å². The monoisotopic (exact) mass is 365 g/mol. The van der Waals surface area contributed by atoms with Crippen LogP contribution in [0.1, 0.15) is 11.1 Å². The van der Waals surface area contributed by atoms with Crippen LogP contribution in [-0.4, -0.2) is 22.1 Å². The number of halogens is 6. The van der Waals surface area contributed by atoms with Crippen molar-refractivity contribution in [2.24, 2.45) is 0 Å². The summed E-state index contributed by atoms with van der Waals surface area (Å²) in [7, 11) is 0. The van der Waals surface area contributed by atoms with Crippen molar-refractivity contribution in [1.82, 2.24) is 0 Å². The highest BCUT2D eigenvalue weighted by Gasteiger charge is 2.72. The highest BCUT2D eigenvalue weighted by molar-refractivity contribution is 5.51. The molecule has 0 amide bonds. The van der Waals surface area contributed by atoms with E-state index in [9.17, 15) is 41.6 Å². The van der Waals surface area contributed by atoms with Crippen LogP contribution < -0.4 is 0 Å². The molecule has 0 heterocycles. The van der Waals surface area contributed by atoms with Gasteiger partial charge in [-0.2, -0.15) is 22.0 Å². The predicted octanol–water partition coefficient (Wildman–Crippen LogP) is 4.17. The molecule has 1 atom stereocenters. The van der Waals surface area contributed by atoms with Crippen LogP contribution in [0, 0.1) is 15.9 Å². The van der Waals surface area contributed by atoms with Crippen molar-refractivity contribution in [3.63, 3.8) is 0 Å². The Balaban J connectivity index is 2.94. The molecule has 134 valence electrons. The molecule has 0 saturated carbocycles. The van der Waals surface area contributed by atoms with Crippen molar-refractivity contribution >= 4 is 5.69 Å². The predicted molar refractivity (Wildman–Crippen MR) is 73.5 cm³/mol. The third kappa shape index (κ3) is 2.82. The van der Waals surface area contributed by atoms with Gasteiger partial charge in [0.15, 0.2) is 5.60 Å². The van der Waals surface area contributed by atoms with Gasteiger partial charge in [0.1, 0.15) is 5.82 Å². The topological polar surface area (TPSA) is 63.4 Å². The molecule has 0 saturated heterocycles. The summed E-state index contributed by atoms with van der Waals surface area (Å²) in [6, 6.07) is 6.07. The van der Waals surface area contributed by atoms with Crippen LogP contribution in [-0.2, 0) is 5.60 Å². The van der Waals surface area contributed by atoms with E-state index in [-0.39, 0.29) is 0 Å². The first-order valence-electron chi connectivity index (χ1n) is 6.60. The average Bonchev–Trinajstić information content (AvgIpc) is 2.53. The zero-order valence-corrected chi connectivity index (χ0v) is 12.1. The summed E-state index contributed by atoms with van der Waals surface area (Å²) < 4.78 is 81.3. The number of nitro groups is 1. The van der Waals surface area contributed by atoms with Gasteiger partial charge in [-0.1, -0.05) is 30.3 Å². The van der Waals surface area contributed by atoms with E-state index in [1.807, 2.05) is 0 Å². The van der Waals surface area contributed by atoms with Gasteiger partial charge in [0.2, 0.25) is 0 Å². The van der Waals surface area contributed by atoms with E-state index in [0.29, 0.717) is 24.3 Å². The Bertz CT molecular complexity index is 808. The molecule has 0 bridgehead atoms.